The van der Waals surface area contributed by atoms with Crippen LogP contribution in [-0.4, -0.2) is 39.3 Å². The summed E-state index contributed by atoms with van der Waals surface area (Å²) < 4.78 is 4.11. The molecule has 0 spiro atoms. The molecule has 0 radical (unpaired) electrons. The van der Waals surface area contributed by atoms with Crippen LogP contribution in [0, 0.1) is 0 Å². The lowest BCUT2D eigenvalue weighted by Crippen LogP contribution is -2.40. The van der Waals surface area contributed by atoms with Gasteiger partial charge in [0, 0.05) is 27.1 Å². The van der Waals surface area contributed by atoms with Crippen molar-refractivity contribution >= 4 is 11.2 Å². The number of rotatable bonds is 3. The topological polar surface area (TPSA) is 116 Å². The highest BCUT2D eigenvalue weighted by molar-refractivity contribution is 5.69. The minimum Gasteiger partial charge on any atom is -0.328 e. The van der Waals surface area contributed by atoms with Gasteiger partial charge in [0.05, 0.1) is 6.33 Å². The van der Waals surface area contributed by atoms with Crippen molar-refractivity contribution in [1.82, 2.24) is 39.3 Å². The van der Waals surface area contributed by atoms with E-state index in [2.05, 4.69) is 25.6 Å². The number of aromatic nitrogens is 8. The van der Waals surface area contributed by atoms with Gasteiger partial charge in [0.15, 0.2) is 17.0 Å². The molecule has 0 saturated carbocycles. The molecule has 3 heterocycles. The summed E-state index contributed by atoms with van der Waals surface area (Å²) in [6.07, 6.45) is 1.85. The Kier molecular flexibility index (Phi) is 2.70. The number of fused-ring (bicyclic) bond motifs is 1. The third-order valence-electron chi connectivity index (χ3n) is 3.15. The van der Waals surface area contributed by atoms with Gasteiger partial charge in [-0.1, -0.05) is 5.21 Å². The molecule has 1 N–H and O–H groups in total. The Hall–Kier alpha value is -2.78. The molecule has 3 aromatic heterocycles. The van der Waals surface area contributed by atoms with E-state index in [1.54, 1.807) is 18.7 Å². The number of aromatic amines is 1. The maximum absolute atomic E-state index is 12.4. The van der Waals surface area contributed by atoms with Crippen molar-refractivity contribution in [2.45, 2.75) is 13.0 Å². The van der Waals surface area contributed by atoms with E-state index in [4.69, 9.17) is 0 Å². The van der Waals surface area contributed by atoms with Gasteiger partial charge in [-0.25, -0.2) is 9.78 Å². The zero-order valence-corrected chi connectivity index (χ0v) is 10.9. The Morgan fingerprint density at radius 3 is 2.80 bits per heavy atom. The van der Waals surface area contributed by atoms with Gasteiger partial charge in [-0.3, -0.25) is 13.9 Å². The number of aryl methyl sites for hydroxylation is 3. The lowest BCUT2D eigenvalue weighted by Gasteiger charge is -2.07. The fourth-order valence-electron chi connectivity index (χ4n) is 2.09. The summed E-state index contributed by atoms with van der Waals surface area (Å²) in [6.45, 7) is 0.187. The van der Waals surface area contributed by atoms with Gasteiger partial charge in [0.2, 0.25) is 0 Å². The van der Waals surface area contributed by atoms with E-state index in [1.807, 2.05) is 0 Å². The summed E-state index contributed by atoms with van der Waals surface area (Å²) in [5.74, 6) is 0.448. The number of H-pyrrole nitrogens is 1. The second-order valence-electron chi connectivity index (χ2n) is 4.40. The maximum Gasteiger partial charge on any atom is 0.332 e. The van der Waals surface area contributed by atoms with E-state index >= 15 is 0 Å². The molecule has 0 unspecified atom stereocenters. The molecule has 3 aromatic rings. The Labute approximate surface area is 111 Å². The van der Waals surface area contributed by atoms with E-state index < -0.39 is 5.69 Å². The molecule has 0 aromatic carbocycles. The van der Waals surface area contributed by atoms with E-state index in [0.29, 0.717) is 23.4 Å². The molecule has 0 fully saturated rings. The second kappa shape index (κ2) is 4.40. The lowest BCUT2D eigenvalue weighted by atomic mass is 10.4. The van der Waals surface area contributed by atoms with Gasteiger partial charge < -0.3 is 4.57 Å². The molecule has 10 nitrogen and oxygen atoms in total. The van der Waals surface area contributed by atoms with Gasteiger partial charge in [0.1, 0.15) is 0 Å². The largest absolute Gasteiger partial charge is 0.332 e. The van der Waals surface area contributed by atoms with Crippen LogP contribution in [0.1, 0.15) is 5.82 Å². The third kappa shape index (κ3) is 1.73. The van der Waals surface area contributed by atoms with E-state index in [0.717, 1.165) is 4.57 Å². The highest BCUT2D eigenvalue weighted by atomic mass is 16.2. The van der Waals surface area contributed by atoms with Gasteiger partial charge in [-0.15, -0.1) is 10.2 Å². The number of imidazole rings is 1. The predicted octanol–water partition coefficient (Wildman–Crippen LogP) is -1.81. The first-order valence-corrected chi connectivity index (χ1v) is 5.92. The minimum absolute atomic E-state index is 0.187. The second-order valence-corrected chi connectivity index (χ2v) is 4.40. The number of tetrazole rings is 1. The lowest BCUT2D eigenvalue weighted by molar-refractivity contribution is 0.590. The summed E-state index contributed by atoms with van der Waals surface area (Å²) in [5.41, 5.74) is -0.0187. The van der Waals surface area contributed by atoms with Crippen molar-refractivity contribution in [2.24, 2.45) is 14.1 Å². The number of hydrogen-bond acceptors (Lipinski definition) is 6. The summed E-state index contributed by atoms with van der Waals surface area (Å²) in [7, 11) is 3.30. The SMILES string of the molecule is Cn1cnc2c1c(=O)n(CCc1nn[nH]n1)c(=O)n2C. The van der Waals surface area contributed by atoms with Crippen molar-refractivity contribution in [3.05, 3.63) is 33.0 Å². The van der Waals surface area contributed by atoms with Crippen LogP contribution in [0.4, 0.5) is 0 Å². The average Bonchev–Trinajstić information content (AvgIpc) is 3.06. The van der Waals surface area contributed by atoms with Crippen molar-refractivity contribution in [1.29, 1.82) is 0 Å². The molecule has 0 amide bonds. The molecular formula is C10H12N8O2. The highest BCUT2D eigenvalue weighted by Crippen LogP contribution is 2.03. The summed E-state index contributed by atoms with van der Waals surface area (Å²) in [6, 6.07) is 0. The van der Waals surface area contributed by atoms with Crippen LogP contribution in [0.15, 0.2) is 15.9 Å². The summed E-state index contributed by atoms with van der Waals surface area (Å²) in [5, 5.41) is 13.3. The minimum atomic E-state index is -0.412. The highest BCUT2D eigenvalue weighted by Gasteiger charge is 2.15. The molecule has 10 heteroatoms. The smallest absolute Gasteiger partial charge is 0.328 e. The predicted molar refractivity (Wildman–Crippen MR) is 68.1 cm³/mol. The molecule has 0 bridgehead atoms. The molecule has 0 aliphatic rings. The summed E-state index contributed by atoms with van der Waals surface area (Å²) >= 11 is 0. The van der Waals surface area contributed by atoms with Crippen LogP contribution in [0.25, 0.3) is 11.2 Å². The molecule has 20 heavy (non-hydrogen) atoms. The van der Waals surface area contributed by atoms with Gasteiger partial charge >= 0.3 is 5.69 Å². The molecule has 104 valence electrons. The third-order valence-corrected chi connectivity index (χ3v) is 3.15. The Morgan fingerprint density at radius 1 is 1.30 bits per heavy atom. The van der Waals surface area contributed by atoms with Gasteiger partial charge in [-0.05, 0) is 0 Å². The standard InChI is InChI=1S/C10H12N8O2/c1-16-5-11-8-7(16)9(19)18(10(20)17(8)2)4-3-6-12-14-15-13-6/h5H,3-4H2,1-2H3,(H,12,13,14,15). The molecule has 0 aliphatic heterocycles. The van der Waals surface area contributed by atoms with Crippen LogP contribution in [0.2, 0.25) is 0 Å². The van der Waals surface area contributed by atoms with Gasteiger partial charge in [-0.2, -0.15) is 5.21 Å². The van der Waals surface area contributed by atoms with Crippen LogP contribution in [0.5, 0.6) is 0 Å². The number of nitrogens with zero attached hydrogens (tertiary/aromatic N) is 7. The molecule has 0 aliphatic carbocycles. The van der Waals surface area contributed by atoms with E-state index in [9.17, 15) is 9.59 Å². The Morgan fingerprint density at radius 2 is 2.10 bits per heavy atom. The van der Waals surface area contributed by atoms with Crippen LogP contribution in [-0.2, 0) is 27.1 Å². The Balaban J connectivity index is 2.13. The van der Waals surface area contributed by atoms with E-state index in [-0.39, 0.29) is 12.1 Å². The van der Waals surface area contributed by atoms with Crippen LogP contribution in [0.3, 0.4) is 0 Å². The van der Waals surface area contributed by atoms with Gasteiger partial charge in [0.25, 0.3) is 5.56 Å². The molecular weight excluding hydrogens is 264 g/mol. The fraction of sp³-hybridized carbons (Fsp3) is 0.400. The van der Waals surface area contributed by atoms with Crippen molar-refractivity contribution in [3.8, 4) is 0 Å². The first-order chi connectivity index (χ1) is 9.59. The molecule has 0 saturated heterocycles. The Bertz CT molecular complexity index is 869. The van der Waals surface area contributed by atoms with Crippen LogP contribution >= 0.6 is 0 Å². The zero-order valence-electron chi connectivity index (χ0n) is 10.9. The van der Waals surface area contributed by atoms with Crippen molar-refractivity contribution in [2.75, 3.05) is 0 Å². The molecule has 3 rings (SSSR count). The first kappa shape index (κ1) is 12.3. The quantitative estimate of drug-likeness (QED) is 0.602. The monoisotopic (exact) mass is 276 g/mol. The van der Waals surface area contributed by atoms with Crippen LogP contribution < -0.4 is 11.2 Å². The van der Waals surface area contributed by atoms with E-state index in [1.165, 1.54) is 10.9 Å². The van der Waals surface area contributed by atoms with Crippen molar-refractivity contribution < 1.29 is 0 Å². The normalized spacial score (nSPS) is 11.3. The first-order valence-electron chi connectivity index (χ1n) is 5.92. The average molecular weight is 276 g/mol. The summed E-state index contributed by atoms with van der Waals surface area (Å²) in [4.78, 5) is 28.6. The number of nitrogens with one attached hydrogen (secondary N) is 1. The van der Waals surface area contributed by atoms with Crippen molar-refractivity contribution in [3.63, 3.8) is 0 Å². The zero-order chi connectivity index (χ0) is 14.3. The number of hydrogen-bond donors (Lipinski definition) is 1. The maximum atomic E-state index is 12.4. The molecule has 0 atom stereocenters. The fourth-order valence-corrected chi connectivity index (χ4v) is 2.09.